The Kier molecular flexibility index (Phi) is 6.10. The van der Waals surface area contributed by atoms with Gasteiger partial charge in [-0.3, -0.25) is 8.51 Å². The third-order valence-electron chi connectivity index (χ3n) is 3.46. The summed E-state index contributed by atoms with van der Waals surface area (Å²) in [6, 6.07) is 7.98. The Bertz CT molecular complexity index is 988. The SMILES string of the molecule is Cc1ccc(N(C=Cc2ccc(C(F)(F)F)cc2)S(=O)[O-])c(S(N)(=O)=O)c1. The van der Waals surface area contributed by atoms with Crippen LogP contribution in [-0.4, -0.2) is 17.2 Å². The molecule has 11 heteroatoms. The maximum Gasteiger partial charge on any atom is 0.416 e. The standard InChI is InChI=1S/C16H15F3N2O4S2/c1-11-2-7-14(15(10-11)27(20,24)25)21(26(22)23)9-8-12-3-5-13(6-4-12)16(17,18)19/h2-10H,1H3,(H,22,23)(H2,20,24,25)/p-1. The van der Waals surface area contributed by atoms with E-state index in [0.717, 1.165) is 30.5 Å². The number of hydrogen-bond donors (Lipinski definition) is 1. The second-order valence-electron chi connectivity index (χ2n) is 5.49. The summed E-state index contributed by atoms with van der Waals surface area (Å²) in [5.74, 6) is 0. The fourth-order valence-electron chi connectivity index (χ4n) is 2.18. The largest absolute Gasteiger partial charge is 0.755 e. The molecule has 0 saturated carbocycles. The molecule has 0 radical (unpaired) electrons. The van der Waals surface area contributed by atoms with Gasteiger partial charge in [0.25, 0.3) is 0 Å². The van der Waals surface area contributed by atoms with Gasteiger partial charge in [0.15, 0.2) is 0 Å². The van der Waals surface area contributed by atoms with Gasteiger partial charge in [-0.15, -0.1) is 0 Å². The second kappa shape index (κ2) is 7.80. The van der Waals surface area contributed by atoms with Crippen molar-refractivity contribution in [1.29, 1.82) is 0 Å². The van der Waals surface area contributed by atoms with Crippen molar-refractivity contribution in [3.8, 4) is 0 Å². The quantitative estimate of drug-likeness (QED) is 0.753. The molecule has 0 heterocycles. The van der Waals surface area contributed by atoms with Crippen LogP contribution in [-0.2, 0) is 27.5 Å². The van der Waals surface area contributed by atoms with E-state index in [1.54, 1.807) is 6.92 Å². The number of alkyl halides is 3. The maximum absolute atomic E-state index is 12.6. The number of halogens is 3. The molecule has 0 saturated heterocycles. The summed E-state index contributed by atoms with van der Waals surface area (Å²) in [6.07, 6.45) is -2.25. The van der Waals surface area contributed by atoms with Crippen LogP contribution in [0.2, 0.25) is 0 Å². The Balaban J connectivity index is 2.43. The number of nitrogens with zero attached hydrogens (tertiary/aromatic N) is 1. The fraction of sp³-hybridized carbons (Fsp3) is 0.125. The molecule has 2 aromatic rings. The predicted molar refractivity (Wildman–Crippen MR) is 94.4 cm³/mol. The van der Waals surface area contributed by atoms with Crippen LogP contribution in [0, 0.1) is 6.92 Å². The molecule has 2 N–H and O–H groups in total. The molecule has 0 aliphatic heterocycles. The van der Waals surface area contributed by atoms with E-state index in [2.05, 4.69) is 0 Å². The van der Waals surface area contributed by atoms with Gasteiger partial charge >= 0.3 is 6.18 Å². The molecule has 0 fully saturated rings. The van der Waals surface area contributed by atoms with Crippen molar-refractivity contribution in [2.75, 3.05) is 4.31 Å². The van der Waals surface area contributed by atoms with Gasteiger partial charge in [-0.25, -0.2) is 13.6 Å². The highest BCUT2D eigenvalue weighted by Crippen LogP contribution is 2.30. The van der Waals surface area contributed by atoms with E-state index < -0.39 is 37.9 Å². The lowest BCUT2D eigenvalue weighted by Gasteiger charge is -2.24. The van der Waals surface area contributed by atoms with Crippen LogP contribution in [0.25, 0.3) is 6.08 Å². The van der Waals surface area contributed by atoms with Crippen molar-refractivity contribution in [2.45, 2.75) is 18.0 Å². The summed E-state index contributed by atoms with van der Waals surface area (Å²) >= 11 is -2.90. The number of aryl methyl sites for hydroxylation is 1. The molecule has 0 aliphatic carbocycles. The molecule has 2 aromatic carbocycles. The van der Waals surface area contributed by atoms with Crippen molar-refractivity contribution in [1.82, 2.24) is 0 Å². The average molecular weight is 419 g/mol. The average Bonchev–Trinajstić information content (AvgIpc) is 2.54. The fourth-order valence-corrected chi connectivity index (χ4v) is 3.52. The zero-order chi connectivity index (χ0) is 20.4. The number of sulfonamides is 1. The monoisotopic (exact) mass is 419 g/mol. The number of rotatable bonds is 5. The normalized spacial score (nSPS) is 13.7. The molecule has 146 valence electrons. The topological polar surface area (TPSA) is 104 Å². The van der Waals surface area contributed by atoms with Gasteiger partial charge in [0.05, 0.1) is 22.5 Å². The van der Waals surface area contributed by atoms with Crippen LogP contribution in [0.3, 0.4) is 0 Å². The third kappa shape index (κ3) is 5.39. The van der Waals surface area contributed by atoms with E-state index >= 15 is 0 Å². The van der Waals surface area contributed by atoms with E-state index in [1.807, 2.05) is 0 Å². The first kappa shape index (κ1) is 21.1. The first-order valence-electron chi connectivity index (χ1n) is 7.27. The molecular weight excluding hydrogens is 405 g/mol. The summed E-state index contributed by atoms with van der Waals surface area (Å²) in [7, 11) is -4.21. The highest BCUT2D eigenvalue weighted by atomic mass is 32.2. The van der Waals surface area contributed by atoms with Crippen LogP contribution < -0.4 is 9.44 Å². The second-order valence-corrected chi connectivity index (χ2v) is 7.85. The van der Waals surface area contributed by atoms with Crippen LogP contribution in [0.5, 0.6) is 0 Å². The number of benzene rings is 2. The predicted octanol–water partition coefficient (Wildman–Crippen LogP) is 2.93. The van der Waals surface area contributed by atoms with E-state index in [4.69, 9.17) is 5.14 Å². The van der Waals surface area contributed by atoms with Gasteiger partial charge in [-0.1, -0.05) is 18.2 Å². The molecule has 1 unspecified atom stereocenters. The van der Waals surface area contributed by atoms with E-state index in [-0.39, 0.29) is 11.3 Å². The molecule has 0 amide bonds. The molecule has 0 bridgehead atoms. The van der Waals surface area contributed by atoms with Crippen molar-refractivity contribution >= 4 is 33.1 Å². The van der Waals surface area contributed by atoms with E-state index in [0.29, 0.717) is 9.87 Å². The molecule has 0 aromatic heterocycles. The Hall–Kier alpha value is -2.21. The van der Waals surface area contributed by atoms with Crippen LogP contribution in [0.1, 0.15) is 16.7 Å². The summed E-state index contributed by atoms with van der Waals surface area (Å²) in [5.41, 5.74) is -0.229. The van der Waals surface area contributed by atoms with Gasteiger partial charge in [0, 0.05) is 6.20 Å². The summed E-state index contributed by atoms with van der Waals surface area (Å²) in [5, 5.41) is 5.14. The Morgan fingerprint density at radius 1 is 1.15 bits per heavy atom. The van der Waals surface area contributed by atoms with Crippen LogP contribution >= 0.6 is 0 Å². The molecule has 2 rings (SSSR count). The molecule has 1 atom stereocenters. The number of anilines is 1. The lowest BCUT2D eigenvalue weighted by molar-refractivity contribution is -0.137. The maximum atomic E-state index is 12.6. The highest BCUT2D eigenvalue weighted by molar-refractivity contribution is 7.89. The molecule has 0 aliphatic rings. The van der Waals surface area contributed by atoms with Gasteiger partial charge in [0.2, 0.25) is 10.0 Å². The highest BCUT2D eigenvalue weighted by Gasteiger charge is 2.29. The molecule has 27 heavy (non-hydrogen) atoms. The number of primary sulfonamides is 1. The van der Waals surface area contributed by atoms with Crippen molar-refractivity contribution in [2.24, 2.45) is 5.14 Å². The van der Waals surface area contributed by atoms with Gasteiger partial charge in [0.1, 0.15) is 4.90 Å². The zero-order valence-corrected chi connectivity index (χ0v) is 15.4. The van der Waals surface area contributed by atoms with Gasteiger partial charge in [-0.05, 0) is 48.4 Å². The third-order valence-corrected chi connectivity index (χ3v) is 5.04. The smallest absolute Gasteiger partial charge is 0.416 e. The Morgan fingerprint density at radius 3 is 2.22 bits per heavy atom. The van der Waals surface area contributed by atoms with E-state index in [1.165, 1.54) is 24.3 Å². The zero-order valence-electron chi connectivity index (χ0n) is 13.8. The first-order chi connectivity index (χ1) is 12.4. The van der Waals surface area contributed by atoms with Crippen LogP contribution in [0.15, 0.2) is 53.6 Å². The lowest BCUT2D eigenvalue weighted by atomic mass is 10.1. The summed E-state index contributed by atoms with van der Waals surface area (Å²) < 4.78 is 85.0. The summed E-state index contributed by atoms with van der Waals surface area (Å²) in [6.45, 7) is 1.61. The van der Waals surface area contributed by atoms with Gasteiger partial charge in [-0.2, -0.15) is 13.2 Å². The Labute approximate surface area is 156 Å². The minimum absolute atomic E-state index is 0.209. The summed E-state index contributed by atoms with van der Waals surface area (Å²) in [4.78, 5) is -0.399. The van der Waals surface area contributed by atoms with E-state index in [9.17, 15) is 30.4 Å². The minimum Gasteiger partial charge on any atom is -0.755 e. The number of nitrogens with two attached hydrogens (primary N) is 1. The van der Waals surface area contributed by atoms with Crippen LogP contribution in [0.4, 0.5) is 18.9 Å². The Morgan fingerprint density at radius 2 is 1.74 bits per heavy atom. The number of hydrogen-bond acceptors (Lipinski definition) is 4. The molecule has 6 nitrogen and oxygen atoms in total. The first-order valence-corrected chi connectivity index (χ1v) is 9.85. The van der Waals surface area contributed by atoms with Gasteiger partial charge < -0.3 is 4.55 Å². The van der Waals surface area contributed by atoms with Crippen molar-refractivity contribution in [3.63, 3.8) is 0 Å². The van der Waals surface area contributed by atoms with Crippen molar-refractivity contribution in [3.05, 3.63) is 65.4 Å². The lowest BCUT2D eigenvalue weighted by Crippen LogP contribution is -2.23. The molecule has 0 spiro atoms. The molecular formula is C16H14F3N2O4S2-. The van der Waals surface area contributed by atoms with Crippen molar-refractivity contribution < 1.29 is 30.4 Å². The minimum atomic E-state index is -4.49.